The molecule has 1 amide bonds. The summed E-state index contributed by atoms with van der Waals surface area (Å²) in [5.74, 6) is -0.439. The highest BCUT2D eigenvalue weighted by Crippen LogP contribution is 2.06. The summed E-state index contributed by atoms with van der Waals surface area (Å²) in [5.41, 5.74) is 0.612. The summed E-state index contributed by atoms with van der Waals surface area (Å²) in [4.78, 5) is 37.3. The van der Waals surface area contributed by atoms with Gasteiger partial charge in [-0.3, -0.25) is 19.0 Å². The number of ketones is 1. The molecule has 0 aliphatic heterocycles. The Labute approximate surface area is 163 Å². The average molecular weight is 402 g/mol. The number of furan rings is 1. The lowest BCUT2D eigenvalue weighted by Gasteiger charge is -2.03. The number of amides is 1. The number of Topliss-reactive ketones (excluding diaryl/α,β-unsaturated/α-hetero) is 1. The first-order chi connectivity index (χ1) is 13.1. The normalized spacial score (nSPS) is 12.5. The maximum absolute atomic E-state index is 12.8. The number of aromatic nitrogens is 1. The Morgan fingerprint density at radius 2 is 2.19 bits per heavy atom. The van der Waals surface area contributed by atoms with Crippen molar-refractivity contribution in [3.63, 3.8) is 0 Å². The van der Waals surface area contributed by atoms with Crippen LogP contribution in [-0.4, -0.2) is 22.8 Å². The van der Waals surface area contributed by atoms with Crippen LogP contribution < -0.4 is 20.1 Å². The molecule has 0 spiro atoms. The van der Waals surface area contributed by atoms with E-state index >= 15 is 0 Å². The van der Waals surface area contributed by atoms with Crippen LogP contribution in [0, 0.1) is 0 Å². The van der Waals surface area contributed by atoms with Crippen LogP contribution in [0.4, 0.5) is 0 Å². The third kappa shape index (κ3) is 4.72. The van der Waals surface area contributed by atoms with Gasteiger partial charge in [0.1, 0.15) is 11.2 Å². The van der Waals surface area contributed by atoms with Crippen LogP contribution in [0.25, 0.3) is 12.2 Å². The lowest BCUT2D eigenvalue weighted by atomic mass is 10.3. The third-order valence-electron chi connectivity index (χ3n) is 3.67. The van der Waals surface area contributed by atoms with Crippen LogP contribution in [0.2, 0.25) is 0 Å². The number of thiophene rings is 1. The minimum atomic E-state index is -0.356. The monoisotopic (exact) mass is 402 g/mol. The molecule has 0 saturated carbocycles. The molecule has 1 N–H and O–H groups in total. The Hall–Kier alpha value is -2.71. The van der Waals surface area contributed by atoms with E-state index in [1.54, 1.807) is 18.2 Å². The van der Waals surface area contributed by atoms with Crippen LogP contribution >= 0.6 is 22.7 Å². The van der Waals surface area contributed by atoms with E-state index in [-0.39, 0.29) is 29.6 Å². The second-order valence-electron chi connectivity index (χ2n) is 5.73. The molecule has 3 heterocycles. The molecule has 0 unspecified atom stereocenters. The topological polar surface area (TPSA) is 81.3 Å². The molecule has 0 aromatic carbocycles. The quantitative estimate of drug-likeness (QED) is 0.609. The predicted octanol–water partition coefficient (Wildman–Crippen LogP) is 1.58. The van der Waals surface area contributed by atoms with Crippen molar-refractivity contribution in [3.05, 3.63) is 66.1 Å². The van der Waals surface area contributed by atoms with Crippen LogP contribution in [0.1, 0.15) is 29.5 Å². The largest absolute Gasteiger partial charge is 0.461 e. The van der Waals surface area contributed by atoms with E-state index in [4.69, 9.17) is 4.42 Å². The summed E-state index contributed by atoms with van der Waals surface area (Å²) in [6.45, 7) is 2.35. The smallest absolute Gasteiger partial charge is 0.269 e. The molecule has 0 saturated heterocycles. The van der Waals surface area contributed by atoms with Crippen molar-refractivity contribution in [1.29, 1.82) is 0 Å². The van der Waals surface area contributed by atoms with E-state index in [2.05, 4.69) is 5.32 Å². The highest BCUT2D eigenvalue weighted by atomic mass is 32.1. The van der Waals surface area contributed by atoms with Crippen molar-refractivity contribution in [2.24, 2.45) is 0 Å². The third-order valence-corrected chi connectivity index (χ3v) is 5.43. The standard InChI is InChI=1S/C19H18N2O4S2/c1-2-6-20-17(23)11-21-18(10-14(22)15-4-3-7-25-15)27-16(19(21)24)9-13-5-8-26-12-13/h3-5,7-10,12H,2,6,11H2,1H3,(H,20,23)/b16-9+,18-10-. The van der Waals surface area contributed by atoms with Crippen molar-refractivity contribution in [1.82, 2.24) is 9.88 Å². The minimum Gasteiger partial charge on any atom is -0.461 e. The van der Waals surface area contributed by atoms with Gasteiger partial charge in [0.25, 0.3) is 5.56 Å². The summed E-state index contributed by atoms with van der Waals surface area (Å²) < 4.78 is 7.32. The number of rotatable bonds is 7. The first kappa shape index (κ1) is 19.1. The van der Waals surface area contributed by atoms with Crippen molar-refractivity contribution in [2.45, 2.75) is 19.9 Å². The highest BCUT2D eigenvalue weighted by molar-refractivity contribution is 7.08. The SMILES string of the molecule is CCCNC(=O)Cn1c(=O)/c(=C\c2ccsc2)s/c1=C\C(=O)c1ccco1. The number of hydrogen-bond acceptors (Lipinski definition) is 6. The van der Waals surface area contributed by atoms with E-state index in [0.717, 1.165) is 12.0 Å². The fourth-order valence-corrected chi connectivity index (χ4v) is 4.03. The van der Waals surface area contributed by atoms with E-state index in [9.17, 15) is 14.4 Å². The van der Waals surface area contributed by atoms with Gasteiger partial charge in [-0.05, 0) is 47.0 Å². The van der Waals surface area contributed by atoms with Gasteiger partial charge >= 0.3 is 0 Å². The van der Waals surface area contributed by atoms with E-state index in [1.165, 1.54) is 39.6 Å². The van der Waals surface area contributed by atoms with Gasteiger partial charge in [-0.2, -0.15) is 11.3 Å². The molecule has 140 valence electrons. The molecule has 3 aromatic rings. The zero-order valence-corrected chi connectivity index (χ0v) is 16.3. The van der Waals surface area contributed by atoms with Gasteiger partial charge in [-0.1, -0.05) is 6.92 Å². The maximum atomic E-state index is 12.8. The van der Waals surface area contributed by atoms with Crippen LogP contribution in [-0.2, 0) is 11.3 Å². The Morgan fingerprint density at radius 1 is 1.33 bits per heavy atom. The molecule has 0 atom stereocenters. The lowest BCUT2D eigenvalue weighted by Crippen LogP contribution is -2.38. The number of carbonyl (C=O) groups excluding carboxylic acids is 2. The number of thiazole rings is 1. The van der Waals surface area contributed by atoms with E-state index in [1.807, 2.05) is 23.8 Å². The van der Waals surface area contributed by atoms with Gasteiger partial charge in [0.15, 0.2) is 5.76 Å². The van der Waals surface area contributed by atoms with Gasteiger partial charge in [0, 0.05) is 12.6 Å². The Balaban J connectivity index is 2.06. The number of nitrogens with zero attached hydrogens (tertiary/aromatic N) is 1. The lowest BCUT2D eigenvalue weighted by molar-refractivity contribution is -0.121. The zero-order valence-electron chi connectivity index (χ0n) is 14.6. The molecule has 8 heteroatoms. The summed E-state index contributed by atoms with van der Waals surface area (Å²) in [5, 5.41) is 6.60. The van der Waals surface area contributed by atoms with Crippen molar-refractivity contribution in [3.8, 4) is 0 Å². The summed E-state index contributed by atoms with van der Waals surface area (Å²) in [6, 6.07) is 5.08. The van der Waals surface area contributed by atoms with E-state index in [0.29, 0.717) is 15.7 Å². The molecular formula is C19H18N2O4S2. The van der Waals surface area contributed by atoms with Gasteiger partial charge in [-0.25, -0.2) is 0 Å². The van der Waals surface area contributed by atoms with Crippen LogP contribution in [0.15, 0.2) is 44.4 Å². The molecule has 6 nitrogen and oxygen atoms in total. The Morgan fingerprint density at radius 3 is 2.85 bits per heavy atom. The summed E-state index contributed by atoms with van der Waals surface area (Å²) in [6.07, 6.45) is 5.32. The minimum absolute atomic E-state index is 0.135. The van der Waals surface area contributed by atoms with Gasteiger partial charge in [-0.15, -0.1) is 11.3 Å². The number of carbonyl (C=O) groups is 2. The number of nitrogens with one attached hydrogen (secondary N) is 1. The predicted molar refractivity (Wildman–Crippen MR) is 107 cm³/mol. The fraction of sp³-hybridized carbons (Fsp3) is 0.211. The zero-order chi connectivity index (χ0) is 19.2. The van der Waals surface area contributed by atoms with Crippen molar-refractivity contribution >= 4 is 46.5 Å². The molecule has 0 aliphatic carbocycles. The Bertz CT molecular complexity index is 1090. The second kappa shape index (κ2) is 8.79. The van der Waals surface area contributed by atoms with Gasteiger partial charge in [0.2, 0.25) is 11.7 Å². The Kier molecular flexibility index (Phi) is 6.20. The molecule has 3 rings (SSSR count). The van der Waals surface area contributed by atoms with Crippen molar-refractivity contribution < 1.29 is 14.0 Å². The summed E-state index contributed by atoms with van der Waals surface area (Å²) >= 11 is 2.71. The van der Waals surface area contributed by atoms with E-state index < -0.39 is 0 Å². The first-order valence-electron chi connectivity index (χ1n) is 8.38. The van der Waals surface area contributed by atoms with Crippen molar-refractivity contribution in [2.75, 3.05) is 6.54 Å². The molecule has 3 aromatic heterocycles. The number of hydrogen-bond donors (Lipinski definition) is 1. The first-order valence-corrected chi connectivity index (χ1v) is 10.1. The highest BCUT2D eigenvalue weighted by Gasteiger charge is 2.12. The molecular weight excluding hydrogens is 384 g/mol. The van der Waals surface area contributed by atoms with Crippen LogP contribution in [0.5, 0.6) is 0 Å². The van der Waals surface area contributed by atoms with Gasteiger partial charge < -0.3 is 9.73 Å². The average Bonchev–Trinajstić information content (AvgIpc) is 3.39. The van der Waals surface area contributed by atoms with Gasteiger partial charge in [0.05, 0.1) is 10.8 Å². The molecule has 0 bridgehead atoms. The second-order valence-corrected chi connectivity index (χ2v) is 7.57. The molecule has 27 heavy (non-hydrogen) atoms. The summed E-state index contributed by atoms with van der Waals surface area (Å²) in [7, 11) is 0. The maximum Gasteiger partial charge on any atom is 0.269 e. The molecule has 0 fully saturated rings. The van der Waals surface area contributed by atoms with Crippen LogP contribution in [0.3, 0.4) is 0 Å². The molecule has 0 radical (unpaired) electrons. The molecule has 0 aliphatic rings. The fourth-order valence-electron chi connectivity index (χ4n) is 2.37.